The lowest BCUT2D eigenvalue weighted by Gasteiger charge is -2.12. The van der Waals surface area contributed by atoms with Crippen LogP contribution in [0.5, 0.6) is 0 Å². The van der Waals surface area contributed by atoms with E-state index in [1.807, 2.05) is 31.3 Å². The van der Waals surface area contributed by atoms with Crippen LogP contribution in [0.15, 0.2) is 33.7 Å². The van der Waals surface area contributed by atoms with Crippen molar-refractivity contribution in [2.45, 2.75) is 30.5 Å². The summed E-state index contributed by atoms with van der Waals surface area (Å²) in [5, 5.41) is 13.3. The molecule has 0 spiro atoms. The van der Waals surface area contributed by atoms with Gasteiger partial charge in [0.15, 0.2) is 0 Å². The van der Waals surface area contributed by atoms with Gasteiger partial charge in [-0.2, -0.15) is 0 Å². The first kappa shape index (κ1) is 19.4. The van der Waals surface area contributed by atoms with Gasteiger partial charge in [0.1, 0.15) is 17.4 Å². The monoisotopic (exact) mass is 405 g/mol. The molecule has 0 fully saturated rings. The van der Waals surface area contributed by atoms with Gasteiger partial charge in [0.25, 0.3) is 5.91 Å². The molecule has 27 heavy (non-hydrogen) atoms. The lowest BCUT2D eigenvalue weighted by Crippen LogP contribution is -2.46. The van der Waals surface area contributed by atoms with Gasteiger partial charge in [-0.3, -0.25) is 9.59 Å². The number of thioether (sulfide) groups is 1. The zero-order chi connectivity index (χ0) is 19.6. The number of benzene rings is 1. The Bertz CT molecular complexity index is 996. The van der Waals surface area contributed by atoms with E-state index >= 15 is 0 Å². The molecule has 142 valence electrons. The van der Waals surface area contributed by atoms with Crippen molar-refractivity contribution in [1.82, 2.24) is 10.3 Å². The van der Waals surface area contributed by atoms with Gasteiger partial charge in [0.05, 0.1) is 17.2 Å². The van der Waals surface area contributed by atoms with Gasteiger partial charge in [-0.1, -0.05) is 0 Å². The second kappa shape index (κ2) is 8.12. The van der Waals surface area contributed by atoms with Crippen LogP contribution in [0.4, 0.5) is 0 Å². The Hall–Kier alpha value is -2.36. The van der Waals surface area contributed by atoms with Crippen molar-refractivity contribution in [2.24, 2.45) is 5.73 Å². The molecule has 0 aliphatic carbocycles. The number of carbonyl (C=O) groups excluding carboxylic acids is 2. The topological polar surface area (TPSA) is 118 Å². The standard InChI is InChI=1S/C18H19N3O4S2/c1-9-16(18(24)21-14(7-22)17(19)23)13-5-11(3-4-15(13)25-9)26-8-12-6-20-10(2)27-12/h3-6,14,22H,7-8H2,1-2H3,(H2,19,23)(H,21,24)/t14-/m0/s1. The Morgan fingerprint density at radius 1 is 1.41 bits per heavy atom. The zero-order valence-corrected chi connectivity index (χ0v) is 16.4. The van der Waals surface area contributed by atoms with E-state index in [9.17, 15) is 14.7 Å². The molecule has 9 heteroatoms. The molecule has 3 rings (SSSR count). The third-order valence-electron chi connectivity index (χ3n) is 3.94. The number of aliphatic hydroxyl groups excluding tert-OH is 1. The Morgan fingerprint density at radius 2 is 2.19 bits per heavy atom. The third kappa shape index (κ3) is 4.32. The number of nitrogens with two attached hydrogens (primary N) is 1. The first-order valence-electron chi connectivity index (χ1n) is 8.17. The van der Waals surface area contributed by atoms with Crippen molar-refractivity contribution in [1.29, 1.82) is 0 Å². The van der Waals surface area contributed by atoms with Crippen molar-refractivity contribution in [3.63, 3.8) is 0 Å². The van der Waals surface area contributed by atoms with Crippen molar-refractivity contribution < 1.29 is 19.1 Å². The van der Waals surface area contributed by atoms with Crippen LogP contribution in [-0.4, -0.2) is 34.6 Å². The number of amides is 2. The zero-order valence-electron chi connectivity index (χ0n) is 14.8. The number of hydrogen-bond donors (Lipinski definition) is 3. The number of thiazole rings is 1. The number of aliphatic hydroxyl groups is 1. The van der Waals surface area contributed by atoms with E-state index < -0.39 is 24.5 Å². The van der Waals surface area contributed by atoms with Crippen molar-refractivity contribution >= 4 is 45.9 Å². The van der Waals surface area contributed by atoms with E-state index in [0.29, 0.717) is 22.3 Å². The Kier molecular flexibility index (Phi) is 5.83. The summed E-state index contributed by atoms with van der Waals surface area (Å²) in [6.07, 6.45) is 1.87. The molecule has 4 N–H and O–H groups in total. The number of primary amides is 1. The molecular formula is C18H19N3O4S2. The van der Waals surface area contributed by atoms with Gasteiger partial charge < -0.3 is 20.6 Å². The number of aromatic nitrogens is 1. The molecule has 7 nitrogen and oxygen atoms in total. The average molecular weight is 406 g/mol. The van der Waals surface area contributed by atoms with Crippen LogP contribution in [0.2, 0.25) is 0 Å². The molecule has 0 unspecified atom stereocenters. The van der Waals surface area contributed by atoms with Gasteiger partial charge in [-0.05, 0) is 32.0 Å². The highest BCUT2D eigenvalue weighted by Crippen LogP contribution is 2.32. The quantitative estimate of drug-likeness (QED) is 0.519. The van der Waals surface area contributed by atoms with Gasteiger partial charge in [-0.25, -0.2) is 4.98 Å². The summed E-state index contributed by atoms with van der Waals surface area (Å²) in [5.74, 6) is -0.0930. The molecule has 1 atom stereocenters. The minimum absolute atomic E-state index is 0.334. The van der Waals surface area contributed by atoms with Crippen LogP contribution in [0.25, 0.3) is 11.0 Å². The fourth-order valence-electron chi connectivity index (χ4n) is 2.63. The molecule has 1 aromatic carbocycles. The third-order valence-corrected chi connectivity index (χ3v) is 6.08. The SMILES string of the molecule is Cc1ncc(CSc2ccc3oc(C)c(C(=O)N[C@@H](CO)C(N)=O)c3c2)s1. The molecule has 2 aromatic heterocycles. The molecule has 2 amide bonds. The molecule has 0 aliphatic heterocycles. The van der Waals surface area contributed by atoms with E-state index in [0.717, 1.165) is 15.7 Å². The van der Waals surface area contributed by atoms with E-state index in [1.165, 1.54) is 4.88 Å². The molecule has 2 heterocycles. The number of hydrogen-bond acceptors (Lipinski definition) is 7. The lowest BCUT2D eigenvalue weighted by atomic mass is 10.1. The number of nitrogens with zero attached hydrogens (tertiary/aromatic N) is 1. The fraction of sp³-hybridized carbons (Fsp3) is 0.278. The number of furan rings is 1. The summed E-state index contributed by atoms with van der Waals surface area (Å²) in [6.45, 7) is 3.08. The highest BCUT2D eigenvalue weighted by Gasteiger charge is 2.23. The van der Waals surface area contributed by atoms with Crippen LogP contribution in [-0.2, 0) is 10.5 Å². The second-order valence-electron chi connectivity index (χ2n) is 5.94. The second-order valence-corrected chi connectivity index (χ2v) is 8.30. The summed E-state index contributed by atoms with van der Waals surface area (Å²) in [6, 6.07) is 4.49. The van der Waals surface area contributed by atoms with E-state index in [1.54, 1.807) is 30.0 Å². The summed E-state index contributed by atoms with van der Waals surface area (Å²) < 4.78 is 5.66. The molecular weight excluding hydrogens is 386 g/mol. The summed E-state index contributed by atoms with van der Waals surface area (Å²) in [7, 11) is 0. The molecule has 3 aromatic rings. The Morgan fingerprint density at radius 3 is 2.81 bits per heavy atom. The number of carbonyl (C=O) groups is 2. The number of fused-ring (bicyclic) bond motifs is 1. The van der Waals surface area contributed by atoms with Crippen molar-refractivity contribution in [2.75, 3.05) is 6.61 Å². The first-order valence-corrected chi connectivity index (χ1v) is 9.97. The van der Waals surface area contributed by atoms with Crippen LogP contribution in [0, 0.1) is 13.8 Å². The summed E-state index contributed by atoms with van der Waals surface area (Å²) >= 11 is 3.29. The highest BCUT2D eigenvalue weighted by atomic mass is 32.2. The minimum atomic E-state index is -1.14. The van der Waals surface area contributed by atoms with Gasteiger partial charge in [-0.15, -0.1) is 23.1 Å². The van der Waals surface area contributed by atoms with Crippen LogP contribution < -0.4 is 11.1 Å². The highest BCUT2D eigenvalue weighted by molar-refractivity contribution is 7.98. The number of aryl methyl sites for hydroxylation is 2. The van der Waals surface area contributed by atoms with E-state index in [4.69, 9.17) is 10.2 Å². The predicted molar refractivity (Wildman–Crippen MR) is 105 cm³/mol. The average Bonchev–Trinajstić information content (AvgIpc) is 3.19. The lowest BCUT2D eigenvalue weighted by molar-refractivity contribution is -0.120. The van der Waals surface area contributed by atoms with Gasteiger partial charge in [0.2, 0.25) is 5.91 Å². The number of nitrogens with one attached hydrogen (secondary N) is 1. The maximum Gasteiger partial charge on any atom is 0.256 e. The van der Waals surface area contributed by atoms with Gasteiger partial charge >= 0.3 is 0 Å². The number of rotatable bonds is 7. The molecule has 0 bridgehead atoms. The smallest absolute Gasteiger partial charge is 0.256 e. The summed E-state index contributed by atoms with van der Waals surface area (Å²) in [4.78, 5) is 30.3. The van der Waals surface area contributed by atoms with Gasteiger partial charge in [0, 0.05) is 27.1 Å². The molecule has 0 saturated heterocycles. The van der Waals surface area contributed by atoms with Crippen molar-refractivity contribution in [3.05, 3.63) is 45.6 Å². The normalized spacial score (nSPS) is 12.3. The fourth-order valence-corrected chi connectivity index (χ4v) is 4.39. The van der Waals surface area contributed by atoms with Crippen molar-refractivity contribution in [3.8, 4) is 0 Å². The Labute approximate surface area is 164 Å². The predicted octanol–water partition coefficient (Wildman–Crippen LogP) is 2.37. The van der Waals surface area contributed by atoms with Crippen LogP contribution in [0.3, 0.4) is 0 Å². The molecule has 0 saturated carbocycles. The maximum atomic E-state index is 12.6. The largest absolute Gasteiger partial charge is 0.461 e. The Balaban J connectivity index is 1.85. The van der Waals surface area contributed by atoms with Crippen LogP contribution >= 0.6 is 23.1 Å². The molecule has 0 radical (unpaired) electrons. The summed E-state index contributed by atoms with van der Waals surface area (Å²) in [5.41, 5.74) is 6.09. The van der Waals surface area contributed by atoms with E-state index in [2.05, 4.69) is 10.3 Å². The molecule has 0 aliphatic rings. The minimum Gasteiger partial charge on any atom is -0.461 e. The van der Waals surface area contributed by atoms with Crippen LogP contribution in [0.1, 0.15) is 26.0 Å². The first-order chi connectivity index (χ1) is 12.9. The maximum absolute atomic E-state index is 12.6. The van der Waals surface area contributed by atoms with E-state index in [-0.39, 0.29) is 0 Å².